The van der Waals surface area contributed by atoms with Crippen LogP contribution in [-0.4, -0.2) is 28.2 Å². The van der Waals surface area contributed by atoms with Crippen LogP contribution in [0.25, 0.3) is 16.5 Å². The van der Waals surface area contributed by atoms with Crippen molar-refractivity contribution in [3.8, 4) is 5.75 Å². The maximum absolute atomic E-state index is 12.9. The van der Waals surface area contributed by atoms with E-state index in [2.05, 4.69) is 54.2 Å². The van der Waals surface area contributed by atoms with Gasteiger partial charge in [-0.2, -0.15) is 0 Å². The predicted octanol–water partition coefficient (Wildman–Crippen LogP) is 7.46. The number of carbonyl (C=O) groups is 2. The molecule has 0 unspecified atom stereocenters. The fourth-order valence-electron chi connectivity index (χ4n) is 4.59. The minimum absolute atomic E-state index is 0.0444. The van der Waals surface area contributed by atoms with Crippen molar-refractivity contribution < 1.29 is 19.4 Å². The number of carboxylic acid groups (broad SMARTS) is 1. The molecule has 0 spiro atoms. The van der Waals surface area contributed by atoms with E-state index in [0.29, 0.717) is 23.9 Å². The molecule has 2 aromatic carbocycles. The zero-order valence-corrected chi connectivity index (χ0v) is 21.6. The number of para-hydroxylation sites is 2. The van der Waals surface area contributed by atoms with Gasteiger partial charge in [0.2, 0.25) is 5.91 Å². The summed E-state index contributed by atoms with van der Waals surface area (Å²) in [7, 11) is 0. The Bertz CT molecular complexity index is 1190. The van der Waals surface area contributed by atoms with Crippen molar-refractivity contribution in [3.05, 3.63) is 66.4 Å². The van der Waals surface area contributed by atoms with Crippen molar-refractivity contribution in [1.82, 2.24) is 4.57 Å². The number of nitrogens with zero attached hydrogens (tertiary/aromatic N) is 1. The van der Waals surface area contributed by atoms with Gasteiger partial charge in [0.25, 0.3) is 0 Å². The van der Waals surface area contributed by atoms with E-state index in [0.717, 1.165) is 30.4 Å². The molecular weight excluding hydrogens is 452 g/mol. The van der Waals surface area contributed by atoms with E-state index in [1.54, 1.807) is 18.2 Å². The van der Waals surface area contributed by atoms with E-state index < -0.39 is 5.97 Å². The number of fused-ring (bicyclic) bond motifs is 1. The molecule has 0 saturated heterocycles. The van der Waals surface area contributed by atoms with Crippen LogP contribution in [0.5, 0.6) is 5.75 Å². The van der Waals surface area contributed by atoms with Crippen molar-refractivity contribution in [1.29, 1.82) is 0 Å². The first-order valence-electron chi connectivity index (χ1n) is 13.0. The molecule has 0 atom stereocenters. The summed E-state index contributed by atoms with van der Waals surface area (Å²) < 4.78 is 8.11. The number of hydrogen-bond acceptors (Lipinski definition) is 3. The average molecular weight is 491 g/mol. The van der Waals surface area contributed by atoms with E-state index in [-0.39, 0.29) is 18.9 Å². The molecule has 36 heavy (non-hydrogen) atoms. The topological polar surface area (TPSA) is 80.6 Å². The van der Waals surface area contributed by atoms with Crippen LogP contribution in [0, 0.1) is 0 Å². The van der Waals surface area contributed by atoms with Gasteiger partial charge in [-0.3, -0.25) is 9.59 Å². The minimum atomic E-state index is -0.853. The van der Waals surface area contributed by atoms with Gasteiger partial charge in [0, 0.05) is 35.6 Å². The molecule has 3 aromatic rings. The van der Waals surface area contributed by atoms with Crippen LogP contribution in [-0.2, 0) is 9.59 Å². The number of benzene rings is 2. The lowest BCUT2D eigenvalue weighted by Crippen LogP contribution is -2.11. The molecule has 1 heterocycles. The third kappa shape index (κ3) is 7.23. The van der Waals surface area contributed by atoms with Gasteiger partial charge in [-0.25, -0.2) is 0 Å². The summed E-state index contributed by atoms with van der Waals surface area (Å²) in [6.07, 6.45) is 9.68. The van der Waals surface area contributed by atoms with E-state index in [9.17, 15) is 9.59 Å². The quantitative estimate of drug-likeness (QED) is 0.182. The van der Waals surface area contributed by atoms with Gasteiger partial charge in [-0.1, -0.05) is 51.8 Å². The molecule has 3 rings (SSSR count). The van der Waals surface area contributed by atoms with Gasteiger partial charge < -0.3 is 19.7 Å². The lowest BCUT2D eigenvalue weighted by Gasteiger charge is -2.19. The number of carboxylic acids is 1. The van der Waals surface area contributed by atoms with Crippen LogP contribution in [0.15, 0.2) is 60.8 Å². The summed E-state index contributed by atoms with van der Waals surface area (Å²) >= 11 is 0. The van der Waals surface area contributed by atoms with Gasteiger partial charge >= 0.3 is 5.97 Å². The Balaban J connectivity index is 1.76. The smallest absolute Gasteiger partial charge is 0.303 e. The Morgan fingerprint density at radius 1 is 1.06 bits per heavy atom. The summed E-state index contributed by atoms with van der Waals surface area (Å²) in [5, 5.41) is 12.9. The van der Waals surface area contributed by atoms with Crippen LogP contribution in [0.4, 0.5) is 5.69 Å². The number of aliphatic carboxylic acids is 1. The molecule has 1 amide bonds. The van der Waals surface area contributed by atoms with Crippen molar-refractivity contribution in [2.75, 3.05) is 11.9 Å². The lowest BCUT2D eigenvalue weighted by molar-refractivity contribution is -0.137. The summed E-state index contributed by atoms with van der Waals surface area (Å²) in [5.74, 6) is -0.551. The Labute approximate surface area is 214 Å². The number of hydrogen-bond donors (Lipinski definition) is 2. The van der Waals surface area contributed by atoms with E-state index >= 15 is 0 Å². The molecule has 1 aromatic heterocycles. The molecule has 0 aliphatic heterocycles. The second kappa shape index (κ2) is 13.5. The maximum Gasteiger partial charge on any atom is 0.303 e. The van der Waals surface area contributed by atoms with Crippen LogP contribution < -0.4 is 10.1 Å². The summed E-state index contributed by atoms with van der Waals surface area (Å²) in [6.45, 7) is 6.79. The summed E-state index contributed by atoms with van der Waals surface area (Å²) in [6, 6.07) is 16.3. The van der Waals surface area contributed by atoms with Gasteiger partial charge in [0.1, 0.15) is 5.75 Å². The SMILES string of the molecule is CCCC(CCC)n1ccc2cc(/C(=C/C(=O)Nc3ccccc3OCCCC(=O)O)CC)ccc21. The molecular formula is C30H38N2O4. The highest BCUT2D eigenvalue weighted by Gasteiger charge is 2.13. The molecule has 0 bridgehead atoms. The molecule has 0 aliphatic carbocycles. The predicted molar refractivity (Wildman–Crippen MR) is 146 cm³/mol. The Kier molecular flexibility index (Phi) is 10.2. The van der Waals surface area contributed by atoms with E-state index in [4.69, 9.17) is 9.84 Å². The standard InChI is InChI=1S/C30H38N2O4/c1-4-10-25(11-5-2)32-18-17-24-20-23(15-16-27(24)32)22(6-3)21-29(33)31-26-12-7-8-13-28(26)36-19-9-14-30(34)35/h7-8,12-13,15-18,20-21,25H,4-6,9-11,14,19H2,1-3H3,(H,31,33)(H,34,35)/b22-21+. The fraction of sp³-hybridized carbons (Fsp3) is 0.400. The number of aromatic nitrogens is 1. The van der Waals surface area contributed by atoms with E-state index in [1.165, 1.54) is 23.7 Å². The molecule has 6 heteroatoms. The Morgan fingerprint density at radius 2 is 1.81 bits per heavy atom. The average Bonchev–Trinajstić information content (AvgIpc) is 3.29. The van der Waals surface area contributed by atoms with Gasteiger partial charge in [-0.15, -0.1) is 0 Å². The second-order valence-electron chi connectivity index (χ2n) is 9.08. The molecule has 2 N–H and O–H groups in total. The van der Waals surface area contributed by atoms with Gasteiger partial charge in [0.05, 0.1) is 12.3 Å². The molecule has 192 valence electrons. The number of ether oxygens (including phenoxy) is 1. The number of nitrogens with one attached hydrogen (secondary N) is 1. The van der Waals surface area contributed by atoms with Crippen molar-refractivity contribution in [3.63, 3.8) is 0 Å². The number of rotatable bonds is 14. The van der Waals surface area contributed by atoms with Gasteiger partial charge in [-0.05, 0) is 67.2 Å². The number of anilines is 1. The highest BCUT2D eigenvalue weighted by molar-refractivity contribution is 6.05. The third-order valence-electron chi connectivity index (χ3n) is 6.35. The second-order valence-corrected chi connectivity index (χ2v) is 9.08. The molecule has 6 nitrogen and oxygen atoms in total. The number of allylic oxidation sites excluding steroid dienone is 1. The van der Waals surface area contributed by atoms with Crippen molar-refractivity contribution >= 4 is 34.0 Å². The molecule has 0 aliphatic rings. The van der Waals surface area contributed by atoms with Crippen LogP contribution in [0.3, 0.4) is 0 Å². The van der Waals surface area contributed by atoms with E-state index in [1.807, 2.05) is 19.1 Å². The van der Waals surface area contributed by atoms with Crippen molar-refractivity contribution in [2.45, 2.75) is 71.8 Å². The monoisotopic (exact) mass is 490 g/mol. The van der Waals surface area contributed by atoms with Crippen LogP contribution in [0.1, 0.15) is 77.3 Å². The van der Waals surface area contributed by atoms with Crippen LogP contribution >= 0.6 is 0 Å². The van der Waals surface area contributed by atoms with Gasteiger partial charge in [0.15, 0.2) is 0 Å². The first-order valence-corrected chi connectivity index (χ1v) is 13.0. The highest BCUT2D eigenvalue weighted by Crippen LogP contribution is 2.30. The first-order chi connectivity index (χ1) is 17.5. The summed E-state index contributed by atoms with van der Waals surface area (Å²) in [4.78, 5) is 23.6. The summed E-state index contributed by atoms with van der Waals surface area (Å²) in [5.41, 5.74) is 3.80. The van der Waals surface area contributed by atoms with Crippen molar-refractivity contribution in [2.24, 2.45) is 0 Å². The molecule has 0 fully saturated rings. The maximum atomic E-state index is 12.9. The van der Waals surface area contributed by atoms with Crippen LogP contribution in [0.2, 0.25) is 0 Å². The normalized spacial score (nSPS) is 11.7. The largest absolute Gasteiger partial charge is 0.491 e. The molecule has 0 radical (unpaired) electrons. The number of amides is 1. The Hall–Kier alpha value is -3.54. The lowest BCUT2D eigenvalue weighted by atomic mass is 10.0. The minimum Gasteiger partial charge on any atom is -0.491 e. The fourth-order valence-corrected chi connectivity index (χ4v) is 4.59. The third-order valence-corrected chi connectivity index (χ3v) is 6.35. The zero-order chi connectivity index (χ0) is 25.9. The number of carbonyl (C=O) groups excluding carboxylic acids is 1. The Morgan fingerprint density at radius 3 is 2.50 bits per heavy atom. The highest BCUT2D eigenvalue weighted by atomic mass is 16.5. The first kappa shape index (κ1) is 27.1. The zero-order valence-electron chi connectivity index (χ0n) is 21.6. The molecule has 0 saturated carbocycles.